The summed E-state index contributed by atoms with van der Waals surface area (Å²) in [6.07, 6.45) is -0.283. The van der Waals surface area contributed by atoms with Gasteiger partial charge in [-0.25, -0.2) is 4.79 Å². The Labute approximate surface area is 151 Å². The van der Waals surface area contributed by atoms with Crippen LogP contribution in [0.25, 0.3) is 0 Å². The maximum absolute atomic E-state index is 12.3. The number of nitrogens with one attached hydrogen (secondary N) is 2. The number of piperazine rings is 1. The lowest BCUT2D eigenvalue weighted by molar-refractivity contribution is -0.895. The number of nitrogens with zero attached hydrogens (tertiary/aromatic N) is 2. The molecule has 0 aromatic heterocycles. The van der Waals surface area contributed by atoms with E-state index < -0.39 is 0 Å². The molecule has 1 saturated heterocycles. The summed E-state index contributed by atoms with van der Waals surface area (Å²) < 4.78 is 5.00. The van der Waals surface area contributed by atoms with Crippen molar-refractivity contribution < 1.29 is 19.2 Å². The molecule has 0 saturated carbocycles. The van der Waals surface area contributed by atoms with Crippen LogP contribution in [0.4, 0.5) is 10.5 Å². The number of anilines is 1. The Morgan fingerprint density at radius 3 is 2.76 bits per heavy atom. The molecular weight excluding hydrogens is 340 g/mol. The lowest BCUT2D eigenvalue weighted by Gasteiger charge is -2.31. The monoisotopic (exact) mass is 363 g/mol. The van der Waals surface area contributed by atoms with Gasteiger partial charge in [0.2, 0.25) is 0 Å². The average molecular weight is 363 g/mol. The highest BCUT2D eigenvalue weighted by molar-refractivity contribution is 7.99. The lowest BCUT2D eigenvalue weighted by atomic mass is 10.3. The molecule has 1 aromatic rings. The van der Waals surface area contributed by atoms with Gasteiger partial charge in [0.1, 0.15) is 0 Å². The first kappa shape index (κ1) is 19.1. The van der Waals surface area contributed by atoms with Crippen molar-refractivity contribution in [2.75, 3.05) is 50.4 Å². The molecule has 0 radical (unpaired) electrons. The number of carbonyl (C=O) groups excluding carboxylic acids is 2. The third-order valence-corrected chi connectivity index (χ3v) is 4.80. The molecule has 2 rings (SSSR count). The van der Waals surface area contributed by atoms with E-state index in [1.165, 1.54) is 11.8 Å². The fourth-order valence-electron chi connectivity index (χ4n) is 2.62. The van der Waals surface area contributed by atoms with Gasteiger partial charge in [-0.3, -0.25) is 9.69 Å². The largest absolute Gasteiger partial charge is 0.450 e. The summed E-state index contributed by atoms with van der Waals surface area (Å²) >= 11 is 1.40. The Morgan fingerprint density at radius 2 is 2.08 bits per heavy atom. The topological polar surface area (TPSA) is 86.9 Å². The van der Waals surface area contributed by atoms with Crippen LogP contribution in [0.2, 0.25) is 0 Å². The molecule has 134 valence electrons. The van der Waals surface area contributed by atoms with Crippen molar-refractivity contribution in [3.05, 3.63) is 24.3 Å². The Kier molecular flexibility index (Phi) is 7.57. The van der Waals surface area contributed by atoms with Crippen molar-refractivity contribution in [1.29, 1.82) is 5.26 Å². The molecule has 0 aliphatic carbocycles. The maximum Gasteiger partial charge on any atom is 0.410 e. The number of para-hydroxylation sites is 1. The molecule has 0 spiro atoms. The van der Waals surface area contributed by atoms with Gasteiger partial charge in [-0.05, 0) is 19.1 Å². The van der Waals surface area contributed by atoms with Crippen LogP contribution >= 0.6 is 11.8 Å². The standard InChI is InChI=1S/C17H22N4O3S/c1-2-24-17(23)21-10-8-20(9-11-21)13-16(22)19-14-5-3-4-6-15(14)25-12-7-18/h3-6H,2,8-13H2,1H3,(H,19,22)/p+1. The van der Waals surface area contributed by atoms with Crippen molar-refractivity contribution >= 4 is 29.4 Å². The second kappa shape index (κ2) is 9.91. The van der Waals surface area contributed by atoms with Crippen LogP contribution in [0.15, 0.2) is 29.2 Å². The summed E-state index contributed by atoms with van der Waals surface area (Å²) in [6.45, 7) is 5.14. The number of carbonyl (C=O) groups is 2. The van der Waals surface area contributed by atoms with Gasteiger partial charge < -0.3 is 15.0 Å². The molecule has 8 heteroatoms. The summed E-state index contributed by atoms with van der Waals surface area (Å²) in [5.74, 6) is 0.276. The average Bonchev–Trinajstić information content (AvgIpc) is 2.61. The van der Waals surface area contributed by atoms with Crippen LogP contribution in [0.3, 0.4) is 0 Å². The van der Waals surface area contributed by atoms with E-state index in [4.69, 9.17) is 10.00 Å². The third-order valence-electron chi connectivity index (χ3n) is 3.86. The zero-order valence-electron chi connectivity index (χ0n) is 14.3. The van der Waals surface area contributed by atoms with Gasteiger partial charge in [0, 0.05) is 4.90 Å². The van der Waals surface area contributed by atoms with Gasteiger partial charge in [-0.2, -0.15) is 5.26 Å². The smallest absolute Gasteiger partial charge is 0.410 e. The lowest BCUT2D eigenvalue weighted by Crippen LogP contribution is -3.15. The van der Waals surface area contributed by atoms with Crippen LogP contribution < -0.4 is 10.2 Å². The number of rotatable bonds is 6. The Balaban J connectivity index is 1.82. The molecule has 0 unspecified atom stereocenters. The van der Waals surface area contributed by atoms with E-state index in [1.54, 1.807) is 11.8 Å². The highest BCUT2D eigenvalue weighted by Gasteiger charge is 2.26. The molecule has 1 aromatic carbocycles. The quantitative estimate of drug-likeness (QED) is 0.723. The predicted octanol–water partition coefficient (Wildman–Crippen LogP) is 0.598. The zero-order valence-corrected chi connectivity index (χ0v) is 15.1. The summed E-state index contributed by atoms with van der Waals surface area (Å²) in [7, 11) is 0. The first-order valence-corrected chi connectivity index (χ1v) is 9.26. The number of thioether (sulfide) groups is 1. The minimum Gasteiger partial charge on any atom is -0.450 e. The Morgan fingerprint density at radius 1 is 1.36 bits per heavy atom. The van der Waals surface area contributed by atoms with E-state index in [2.05, 4.69) is 11.4 Å². The molecule has 0 bridgehead atoms. The molecule has 1 fully saturated rings. The van der Waals surface area contributed by atoms with Crippen LogP contribution in [-0.2, 0) is 9.53 Å². The Hall–Kier alpha value is -2.24. The fraction of sp³-hybridized carbons (Fsp3) is 0.471. The van der Waals surface area contributed by atoms with Crippen molar-refractivity contribution in [3.8, 4) is 6.07 Å². The van der Waals surface area contributed by atoms with Crippen LogP contribution in [0, 0.1) is 11.3 Å². The molecule has 2 N–H and O–H groups in total. The van der Waals surface area contributed by atoms with E-state index in [-0.39, 0.29) is 12.0 Å². The van der Waals surface area contributed by atoms with E-state index >= 15 is 0 Å². The minimum atomic E-state index is -0.283. The molecule has 1 heterocycles. The van der Waals surface area contributed by atoms with E-state index in [1.807, 2.05) is 24.3 Å². The van der Waals surface area contributed by atoms with Gasteiger partial charge in [-0.15, -0.1) is 11.8 Å². The number of quaternary nitrogens is 1. The summed E-state index contributed by atoms with van der Waals surface area (Å²) in [4.78, 5) is 27.7. The summed E-state index contributed by atoms with van der Waals surface area (Å²) in [6, 6.07) is 9.56. The number of hydrogen-bond acceptors (Lipinski definition) is 5. The fourth-order valence-corrected chi connectivity index (χ4v) is 3.29. The van der Waals surface area contributed by atoms with E-state index in [0.29, 0.717) is 32.0 Å². The minimum absolute atomic E-state index is 0.0652. The summed E-state index contributed by atoms with van der Waals surface area (Å²) in [5.41, 5.74) is 0.734. The molecule has 7 nitrogen and oxygen atoms in total. The number of hydrogen-bond donors (Lipinski definition) is 2. The third kappa shape index (κ3) is 5.96. The van der Waals surface area contributed by atoms with Gasteiger partial charge in [0.05, 0.1) is 50.3 Å². The van der Waals surface area contributed by atoms with Crippen molar-refractivity contribution in [3.63, 3.8) is 0 Å². The van der Waals surface area contributed by atoms with Crippen molar-refractivity contribution in [1.82, 2.24) is 4.90 Å². The maximum atomic E-state index is 12.3. The first-order valence-electron chi connectivity index (χ1n) is 8.28. The number of benzene rings is 1. The van der Waals surface area contributed by atoms with Crippen LogP contribution in [0.5, 0.6) is 0 Å². The highest BCUT2D eigenvalue weighted by atomic mass is 32.2. The predicted molar refractivity (Wildman–Crippen MR) is 95.6 cm³/mol. The van der Waals surface area contributed by atoms with Gasteiger partial charge in [0.25, 0.3) is 5.91 Å². The van der Waals surface area contributed by atoms with Gasteiger partial charge in [0.15, 0.2) is 6.54 Å². The molecule has 1 aliphatic rings. The second-order valence-corrected chi connectivity index (χ2v) is 6.62. The van der Waals surface area contributed by atoms with Crippen molar-refractivity contribution in [2.45, 2.75) is 11.8 Å². The summed E-state index contributed by atoms with van der Waals surface area (Å²) in [5, 5.41) is 11.6. The molecule has 25 heavy (non-hydrogen) atoms. The van der Waals surface area contributed by atoms with Crippen LogP contribution in [0.1, 0.15) is 6.92 Å². The second-order valence-electron chi connectivity index (χ2n) is 5.60. The number of ether oxygens (including phenoxy) is 1. The molecule has 0 atom stereocenters. The SMILES string of the molecule is CCOC(=O)N1CC[NH+](CC(=O)Nc2ccccc2SCC#N)CC1. The zero-order chi connectivity index (χ0) is 18.1. The van der Waals surface area contributed by atoms with Crippen LogP contribution in [-0.4, -0.2) is 62.0 Å². The van der Waals surface area contributed by atoms with Gasteiger partial charge >= 0.3 is 6.09 Å². The molecule has 2 amide bonds. The van der Waals surface area contributed by atoms with Crippen molar-refractivity contribution in [2.24, 2.45) is 0 Å². The van der Waals surface area contributed by atoms with E-state index in [9.17, 15) is 9.59 Å². The molecular formula is C17H23N4O3S+. The Bertz CT molecular complexity index is 639. The number of amides is 2. The van der Waals surface area contributed by atoms with E-state index in [0.717, 1.165) is 28.6 Å². The normalized spacial score (nSPS) is 14.6. The molecule has 1 aliphatic heterocycles. The highest BCUT2D eigenvalue weighted by Crippen LogP contribution is 2.26. The van der Waals surface area contributed by atoms with Gasteiger partial charge in [-0.1, -0.05) is 12.1 Å². The number of nitriles is 1. The first-order chi connectivity index (χ1) is 12.1.